The van der Waals surface area contributed by atoms with Gasteiger partial charge in [-0.25, -0.2) is 14.8 Å². The maximum Gasteiger partial charge on any atom is 0.333 e. The molecule has 0 radical (unpaired) electrons. The number of pyridine rings is 2. The van der Waals surface area contributed by atoms with Crippen LogP contribution in [0.15, 0.2) is 67.5 Å². The average Bonchev–Trinajstić information content (AvgIpc) is 3.35. The van der Waals surface area contributed by atoms with Crippen LogP contribution in [-0.2, 0) is 4.79 Å². The molecule has 1 unspecified atom stereocenters. The molecule has 4 aromatic rings. The molecule has 1 aliphatic heterocycles. The molecule has 2 atom stereocenters. The van der Waals surface area contributed by atoms with Gasteiger partial charge >= 0.3 is 6.03 Å². The molecule has 0 spiro atoms. The minimum absolute atomic E-state index is 0.139. The number of nitrogens with one attached hydrogen (secondary N) is 1. The highest BCUT2D eigenvalue weighted by Gasteiger charge is 2.43. The number of hydrogen-bond donors (Lipinski definition) is 2. The van der Waals surface area contributed by atoms with Crippen LogP contribution in [0.25, 0.3) is 10.2 Å². The zero-order valence-electron chi connectivity index (χ0n) is 22.4. The first kappa shape index (κ1) is 26.5. The van der Waals surface area contributed by atoms with Crippen LogP contribution in [0.5, 0.6) is 11.6 Å². The number of aromatic nitrogens is 2. The molecule has 41 heavy (non-hydrogen) atoms. The van der Waals surface area contributed by atoms with E-state index in [0.29, 0.717) is 51.7 Å². The lowest BCUT2D eigenvalue weighted by molar-refractivity contribution is -0.117. The van der Waals surface area contributed by atoms with Crippen LogP contribution < -0.4 is 25.6 Å². The summed E-state index contributed by atoms with van der Waals surface area (Å²) in [5.74, 6) is 0.180. The minimum Gasteiger partial charge on any atom is -0.439 e. The summed E-state index contributed by atoms with van der Waals surface area (Å²) in [6.07, 6.45) is 7.28. The third kappa shape index (κ3) is 4.78. The van der Waals surface area contributed by atoms with Gasteiger partial charge in [0.05, 0.1) is 28.6 Å². The zero-order chi connectivity index (χ0) is 28.7. The largest absolute Gasteiger partial charge is 0.439 e. The molecule has 2 aliphatic rings. The quantitative estimate of drug-likeness (QED) is 0.280. The smallest absolute Gasteiger partial charge is 0.333 e. The Balaban J connectivity index is 1.45. The first-order valence-electron chi connectivity index (χ1n) is 13.3. The molecule has 11 heteroatoms. The summed E-state index contributed by atoms with van der Waals surface area (Å²) in [7, 11) is 0. The first-order chi connectivity index (χ1) is 19.9. The molecule has 10 nitrogen and oxygen atoms in total. The van der Waals surface area contributed by atoms with E-state index in [1.807, 2.05) is 37.3 Å². The van der Waals surface area contributed by atoms with E-state index in [1.165, 1.54) is 17.4 Å². The highest BCUT2D eigenvalue weighted by Crippen LogP contribution is 2.50. The normalized spacial score (nSPS) is 18.3. The molecule has 208 valence electrons. The van der Waals surface area contributed by atoms with Gasteiger partial charge in [0.2, 0.25) is 11.8 Å². The number of carbonyl (C=O) groups excluding carboxylic acids is 3. The summed E-state index contributed by atoms with van der Waals surface area (Å²) in [6, 6.07) is 12.1. The highest BCUT2D eigenvalue weighted by atomic mass is 32.1. The topological polar surface area (TPSA) is 131 Å². The molecule has 4 heterocycles. The number of rotatable bonds is 7. The summed E-state index contributed by atoms with van der Waals surface area (Å²) in [5, 5.41) is 3.66. The summed E-state index contributed by atoms with van der Waals surface area (Å²) < 4.78 is 5.91. The first-order valence-corrected chi connectivity index (χ1v) is 14.1. The second-order valence-electron chi connectivity index (χ2n) is 10.1. The molecule has 4 amide bonds. The molecule has 1 aliphatic carbocycles. The van der Waals surface area contributed by atoms with Crippen LogP contribution in [0, 0.1) is 6.92 Å². The van der Waals surface area contributed by atoms with Gasteiger partial charge in [0.15, 0.2) is 0 Å². The third-order valence-corrected chi connectivity index (χ3v) is 8.56. The SMILES string of the molecule is C=CC(=O)NC1CCC[C@@H](N2C(=O)N(c3cnc(Oc4ccccc4)cc3C)c3ccnc4sc(C(N)=O)c2c34)C1. The Labute approximate surface area is 240 Å². The number of benzene rings is 1. The zero-order valence-corrected chi connectivity index (χ0v) is 23.2. The molecule has 3 aromatic heterocycles. The number of urea groups is 1. The molecule has 1 aromatic carbocycles. The fourth-order valence-corrected chi connectivity index (χ4v) is 6.67. The maximum absolute atomic E-state index is 14.5. The van der Waals surface area contributed by atoms with Gasteiger partial charge < -0.3 is 15.8 Å². The Kier molecular flexibility index (Phi) is 6.88. The Hall–Kier alpha value is -4.77. The number of primary amides is 1. The van der Waals surface area contributed by atoms with Gasteiger partial charge in [0.25, 0.3) is 5.91 Å². The molecule has 0 bridgehead atoms. The Morgan fingerprint density at radius 2 is 1.98 bits per heavy atom. The number of anilines is 3. The van der Waals surface area contributed by atoms with Crippen molar-refractivity contribution in [2.75, 3.05) is 9.80 Å². The number of hydrogen-bond acceptors (Lipinski definition) is 7. The molecule has 1 saturated carbocycles. The predicted molar refractivity (Wildman–Crippen MR) is 158 cm³/mol. The van der Waals surface area contributed by atoms with Gasteiger partial charge in [-0.2, -0.15) is 0 Å². The van der Waals surface area contributed by atoms with Crippen molar-refractivity contribution in [1.82, 2.24) is 15.3 Å². The third-order valence-electron chi connectivity index (χ3n) is 7.46. The van der Waals surface area contributed by atoms with E-state index in [4.69, 9.17) is 10.5 Å². The number of thiophene rings is 1. The maximum atomic E-state index is 14.5. The van der Waals surface area contributed by atoms with Crippen LogP contribution >= 0.6 is 11.3 Å². The summed E-state index contributed by atoms with van der Waals surface area (Å²) in [5.41, 5.74) is 8.27. The lowest BCUT2D eigenvalue weighted by atomic mass is 9.89. The second-order valence-corrected chi connectivity index (χ2v) is 11.1. The molecule has 3 N–H and O–H groups in total. The van der Waals surface area contributed by atoms with E-state index < -0.39 is 5.91 Å². The van der Waals surface area contributed by atoms with E-state index >= 15 is 0 Å². The van der Waals surface area contributed by atoms with Crippen molar-refractivity contribution in [3.8, 4) is 11.6 Å². The van der Waals surface area contributed by atoms with Crippen molar-refractivity contribution < 1.29 is 19.1 Å². The monoisotopic (exact) mass is 568 g/mol. The summed E-state index contributed by atoms with van der Waals surface area (Å²) in [6.45, 7) is 5.44. The standard InChI is InChI=1S/C30H28N6O4S/c1-3-23(37)34-18-8-7-9-19(15-18)35-26-25-21(12-13-32-29(25)41-27(26)28(31)38)36(30(35)39)22-16-33-24(14-17(22)2)40-20-10-5-4-6-11-20/h3-6,10-14,16,18-19H,1,7-9,15H2,2H3,(H2,31,38)(H,34,37)/t18?,19-/m1/s1. The second kappa shape index (κ2) is 10.7. The van der Waals surface area contributed by atoms with Crippen LogP contribution in [-0.4, -0.2) is 39.9 Å². The van der Waals surface area contributed by atoms with E-state index in [1.54, 1.807) is 34.3 Å². The van der Waals surface area contributed by atoms with Gasteiger partial charge in [-0.3, -0.25) is 19.4 Å². The molecular formula is C30H28N6O4S. The Morgan fingerprint density at radius 3 is 2.71 bits per heavy atom. The van der Waals surface area contributed by atoms with Crippen molar-refractivity contribution in [2.45, 2.75) is 44.7 Å². The van der Waals surface area contributed by atoms with Gasteiger partial charge in [0.1, 0.15) is 15.5 Å². The highest BCUT2D eigenvalue weighted by molar-refractivity contribution is 7.21. The van der Waals surface area contributed by atoms with E-state index in [-0.39, 0.29) is 28.9 Å². The Morgan fingerprint density at radius 1 is 1.17 bits per heavy atom. The molecular weight excluding hydrogens is 540 g/mol. The summed E-state index contributed by atoms with van der Waals surface area (Å²) >= 11 is 1.18. The van der Waals surface area contributed by atoms with Crippen molar-refractivity contribution >= 4 is 56.5 Å². The number of ether oxygens (including phenoxy) is 1. The molecule has 1 fully saturated rings. The number of aryl methyl sites for hydroxylation is 1. The molecule has 0 saturated heterocycles. The molecule has 6 rings (SSSR count). The van der Waals surface area contributed by atoms with Crippen molar-refractivity contribution in [3.63, 3.8) is 0 Å². The van der Waals surface area contributed by atoms with Crippen LogP contribution in [0.4, 0.5) is 21.9 Å². The summed E-state index contributed by atoms with van der Waals surface area (Å²) in [4.78, 5) is 52.4. The lowest BCUT2D eigenvalue weighted by Gasteiger charge is -2.43. The van der Waals surface area contributed by atoms with Crippen LogP contribution in [0.3, 0.4) is 0 Å². The minimum atomic E-state index is -0.618. The fourth-order valence-electron chi connectivity index (χ4n) is 5.66. The van der Waals surface area contributed by atoms with E-state index in [2.05, 4.69) is 21.9 Å². The fraction of sp³-hybridized carbons (Fsp3) is 0.233. The van der Waals surface area contributed by atoms with Crippen molar-refractivity contribution in [2.24, 2.45) is 5.73 Å². The van der Waals surface area contributed by atoms with Gasteiger partial charge in [0, 0.05) is 24.3 Å². The average molecular weight is 569 g/mol. The number of nitrogens with zero attached hydrogens (tertiary/aromatic N) is 4. The van der Waals surface area contributed by atoms with Gasteiger partial charge in [-0.05, 0) is 62.4 Å². The number of para-hydroxylation sites is 1. The van der Waals surface area contributed by atoms with Gasteiger partial charge in [-0.1, -0.05) is 24.8 Å². The van der Waals surface area contributed by atoms with E-state index in [0.717, 1.165) is 18.4 Å². The predicted octanol–water partition coefficient (Wildman–Crippen LogP) is 5.58. The lowest BCUT2D eigenvalue weighted by Crippen LogP contribution is -2.53. The Bertz CT molecular complexity index is 1690. The van der Waals surface area contributed by atoms with Crippen LogP contribution in [0.1, 0.15) is 40.9 Å². The number of nitrogens with two attached hydrogens (primary N) is 1. The van der Waals surface area contributed by atoms with E-state index in [9.17, 15) is 14.4 Å². The van der Waals surface area contributed by atoms with Gasteiger partial charge in [-0.15, -0.1) is 11.3 Å². The van der Waals surface area contributed by atoms with Crippen LogP contribution in [0.2, 0.25) is 0 Å². The number of amides is 4. The van der Waals surface area contributed by atoms with Crippen molar-refractivity contribution in [3.05, 3.63) is 78.0 Å². The van der Waals surface area contributed by atoms with Crippen molar-refractivity contribution in [1.29, 1.82) is 0 Å². The number of carbonyl (C=O) groups is 3.